The summed E-state index contributed by atoms with van der Waals surface area (Å²) >= 11 is 0. The van der Waals surface area contributed by atoms with E-state index < -0.39 is 10.0 Å². The molecule has 0 spiro atoms. The smallest absolute Gasteiger partial charge is 0.211 e. The minimum Gasteiger partial charge on any atom is -0.396 e. The van der Waals surface area contributed by atoms with Gasteiger partial charge in [-0.25, -0.2) is 8.42 Å². The van der Waals surface area contributed by atoms with Crippen molar-refractivity contribution in [2.24, 2.45) is 5.41 Å². The van der Waals surface area contributed by atoms with Crippen LogP contribution in [0, 0.1) is 5.41 Å². The van der Waals surface area contributed by atoms with Gasteiger partial charge in [-0.3, -0.25) is 0 Å². The third-order valence-corrected chi connectivity index (χ3v) is 5.91. The van der Waals surface area contributed by atoms with Gasteiger partial charge >= 0.3 is 0 Å². The number of nitrogens with zero attached hydrogens (tertiary/aromatic N) is 2. The van der Waals surface area contributed by atoms with Crippen LogP contribution >= 0.6 is 0 Å². The van der Waals surface area contributed by atoms with Gasteiger partial charge in [0.25, 0.3) is 0 Å². The Morgan fingerprint density at radius 1 is 1.05 bits per heavy atom. The second-order valence-electron chi connectivity index (χ2n) is 6.16. The zero-order chi connectivity index (χ0) is 13.9. The zero-order valence-corrected chi connectivity index (χ0v) is 12.7. The highest BCUT2D eigenvalue weighted by molar-refractivity contribution is 7.88. The first-order chi connectivity index (χ1) is 8.95. The van der Waals surface area contributed by atoms with Crippen molar-refractivity contribution in [3.05, 3.63) is 0 Å². The van der Waals surface area contributed by atoms with Gasteiger partial charge in [-0.2, -0.15) is 4.31 Å². The van der Waals surface area contributed by atoms with Crippen LogP contribution in [-0.2, 0) is 10.0 Å². The second kappa shape index (κ2) is 6.08. The van der Waals surface area contributed by atoms with Crippen molar-refractivity contribution < 1.29 is 13.5 Å². The van der Waals surface area contributed by atoms with Crippen LogP contribution in [-0.4, -0.2) is 68.3 Å². The molecular weight excluding hydrogens is 264 g/mol. The van der Waals surface area contributed by atoms with E-state index in [9.17, 15) is 13.5 Å². The molecule has 0 amide bonds. The number of sulfonamides is 1. The summed E-state index contributed by atoms with van der Waals surface area (Å²) in [5.74, 6) is 0. The third-order valence-electron chi connectivity index (χ3n) is 4.61. The predicted octanol–water partition coefficient (Wildman–Crippen LogP) is 0.506. The van der Waals surface area contributed by atoms with Crippen molar-refractivity contribution in [2.75, 3.05) is 45.6 Å². The SMILES string of the molecule is CS(=O)(=O)N1CCN(CC2(CO)CCCCC2)CC1. The summed E-state index contributed by atoms with van der Waals surface area (Å²) in [5, 5.41) is 9.72. The van der Waals surface area contributed by atoms with E-state index in [0.29, 0.717) is 13.1 Å². The van der Waals surface area contributed by atoms with Crippen molar-refractivity contribution in [3.63, 3.8) is 0 Å². The largest absolute Gasteiger partial charge is 0.396 e. The number of piperazine rings is 1. The summed E-state index contributed by atoms with van der Waals surface area (Å²) in [4.78, 5) is 2.32. The molecule has 1 N–H and O–H groups in total. The first-order valence-electron chi connectivity index (χ1n) is 7.24. The average Bonchev–Trinajstić information content (AvgIpc) is 2.39. The Balaban J connectivity index is 1.88. The van der Waals surface area contributed by atoms with Crippen molar-refractivity contribution in [1.29, 1.82) is 0 Å². The van der Waals surface area contributed by atoms with E-state index in [1.54, 1.807) is 4.31 Å². The first kappa shape index (κ1) is 15.2. The van der Waals surface area contributed by atoms with Gasteiger partial charge in [-0.15, -0.1) is 0 Å². The Kier molecular flexibility index (Phi) is 4.87. The minimum atomic E-state index is -3.05. The molecule has 0 aromatic carbocycles. The summed E-state index contributed by atoms with van der Waals surface area (Å²) in [5.41, 5.74) is 0.0610. The van der Waals surface area contributed by atoms with Gasteiger partial charge in [0.15, 0.2) is 0 Å². The average molecular weight is 290 g/mol. The molecule has 6 heteroatoms. The Morgan fingerprint density at radius 2 is 1.63 bits per heavy atom. The molecule has 0 aromatic heterocycles. The molecule has 1 saturated heterocycles. The van der Waals surface area contributed by atoms with Gasteiger partial charge in [-0.05, 0) is 12.8 Å². The van der Waals surface area contributed by atoms with E-state index in [0.717, 1.165) is 32.5 Å². The fourth-order valence-corrected chi connectivity index (χ4v) is 4.19. The molecule has 1 aliphatic heterocycles. The monoisotopic (exact) mass is 290 g/mol. The van der Waals surface area contributed by atoms with Gasteiger partial charge in [0.2, 0.25) is 10.0 Å². The van der Waals surface area contributed by atoms with Crippen LogP contribution in [0.15, 0.2) is 0 Å². The summed E-state index contributed by atoms with van der Waals surface area (Å²) in [6.07, 6.45) is 7.20. The molecule has 0 aromatic rings. The van der Waals surface area contributed by atoms with E-state index in [1.165, 1.54) is 25.5 Å². The van der Waals surface area contributed by atoms with Crippen LogP contribution in [0.3, 0.4) is 0 Å². The Hall–Kier alpha value is -0.170. The molecule has 1 aliphatic carbocycles. The fraction of sp³-hybridized carbons (Fsp3) is 1.00. The third kappa shape index (κ3) is 3.90. The normalized spacial score (nSPS) is 26.4. The number of aliphatic hydroxyl groups excluding tert-OH is 1. The van der Waals surface area contributed by atoms with Crippen LogP contribution in [0.2, 0.25) is 0 Å². The van der Waals surface area contributed by atoms with Crippen molar-refractivity contribution >= 4 is 10.0 Å². The molecule has 5 nitrogen and oxygen atoms in total. The van der Waals surface area contributed by atoms with Crippen molar-refractivity contribution in [3.8, 4) is 0 Å². The highest BCUT2D eigenvalue weighted by Crippen LogP contribution is 2.36. The van der Waals surface area contributed by atoms with Gasteiger partial charge < -0.3 is 10.0 Å². The maximum Gasteiger partial charge on any atom is 0.211 e. The standard InChI is InChI=1S/C13H26N2O3S/c1-19(17,18)15-9-7-14(8-10-15)11-13(12-16)5-3-2-4-6-13/h16H,2-12H2,1H3. The summed E-state index contributed by atoms with van der Waals surface area (Å²) in [6, 6.07) is 0. The fourth-order valence-electron chi connectivity index (χ4n) is 3.36. The summed E-state index contributed by atoms with van der Waals surface area (Å²) < 4.78 is 24.5. The number of hydrogen-bond acceptors (Lipinski definition) is 4. The van der Waals surface area contributed by atoms with E-state index in [4.69, 9.17) is 0 Å². The topological polar surface area (TPSA) is 60.9 Å². The van der Waals surface area contributed by atoms with Crippen molar-refractivity contribution in [2.45, 2.75) is 32.1 Å². The second-order valence-corrected chi connectivity index (χ2v) is 8.14. The quantitative estimate of drug-likeness (QED) is 0.819. The Bertz CT molecular complexity index is 383. The molecule has 0 atom stereocenters. The maximum atomic E-state index is 11.5. The summed E-state index contributed by atoms with van der Waals surface area (Å²) in [6.45, 7) is 3.92. The lowest BCUT2D eigenvalue weighted by atomic mass is 9.74. The minimum absolute atomic E-state index is 0.0610. The van der Waals surface area contributed by atoms with E-state index in [2.05, 4.69) is 4.90 Å². The maximum absolute atomic E-state index is 11.5. The lowest BCUT2D eigenvalue weighted by molar-refractivity contribution is 0.0303. The van der Waals surface area contributed by atoms with Crippen LogP contribution in [0.1, 0.15) is 32.1 Å². The van der Waals surface area contributed by atoms with Crippen molar-refractivity contribution in [1.82, 2.24) is 9.21 Å². The van der Waals surface area contributed by atoms with Crippen LogP contribution in [0.25, 0.3) is 0 Å². The molecule has 0 unspecified atom stereocenters. The number of hydrogen-bond donors (Lipinski definition) is 1. The lowest BCUT2D eigenvalue weighted by Crippen LogP contribution is -2.52. The van der Waals surface area contributed by atoms with Gasteiger partial charge in [0.05, 0.1) is 6.26 Å². The lowest BCUT2D eigenvalue weighted by Gasteiger charge is -2.42. The summed E-state index contributed by atoms with van der Waals surface area (Å²) in [7, 11) is -3.05. The molecule has 1 heterocycles. The highest BCUT2D eigenvalue weighted by atomic mass is 32.2. The molecule has 2 fully saturated rings. The number of aliphatic hydroxyl groups is 1. The molecule has 112 valence electrons. The number of rotatable bonds is 4. The van der Waals surface area contributed by atoms with Gasteiger partial charge in [0, 0.05) is 44.7 Å². The molecule has 19 heavy (non-hydrogen) atoms. The predicted molar refractivity (Wildman–Crippen MR) is 75.5 cm³/mol. The van der Waals surface area contributed by atoms with Crippen LogP contribution in [0.5, 0.6) is 0 Å². The zero-order valence-electron chi connectivity index (χ0n) is 11.8. The van der Waals surface area contributed by atoms with E-state index in [1.807, 2.05) is 0 Å². The van der Waals surface area contributed by atoms with Crippen LogP contribution in [0.4, 0.5) is 0 Å². The van der Waals surface area contributed by atoms with Crippen LogP contribution < -0.4 is 0 Å². The molecule has 0 radical (unpaired) electrons. The molecular formula is C13H26N2O3S. The van der Waals surface area contributed by atoms with E-state index in [-0.39, 0.29) is 12.0 Å². The molecule has 2 rings (SSSR count). The van der Waals surface area contributed by atoms with Gasteiger partial charge in [-0.1, -0.05) is 19.3 Å². The molecule has 1 saturated carbocycles. The van der Waals surface area contributed by atoms with Gasteiger partial charge in [0.1, 0.15) is 0 Å². The first-order valence-corrected chi connectivity index (χ1v) is 9.08. The Morgan fingerprint density at radius 3 is 2.11 bits per heavy atom. The Labute approximate surface area is 116 Å². The highest BCUT2D eigenvalue weighted by Gasteiger charge is 2.34. The van der Waals surface area contributed by atoms with E-state index >= 15 is 0 Å². The molecule has 2 aliphatic rings. The molecule has 0 bridgehead atoms.